The molecule has 1 fully saturated rings. The summed E-state index contributed by atoms with van der Waals surface area (Å²) in [4.78, 5) is 24.3. The second kappa shape index (κ2) is 4.14. The van der Waals surface area contributed by atoms with Gasteiger partial charge in [-0.25, -0.2) is 4.79 Å². The number of rotatable bonds is 1. The average Bonchev–Trinajstić information content (AvgIpc) is 2.57. The van der Waals surface area contributed by atoms with Crippen molar-refractivity contribution < 1.29 is 14.9 Å². The first kappa shape index (κ1) is 11.5. The van der Waals surface area contributed by atoms with Crippen LogP contribution in [0, 0.1) is 11.3 Å². The molecule has 0 amide bonds. The summed E-state index contributed by atoms with van der Waals surface area (Å²) in [6, 6.07) is 2.73. The van der Waals surface area contributed by atoms with Crippen molar-refractivity contribution >= 4 is 0 Å². The number of aromatic amines is 1. The zero-order valence-electron chi connectivity index (χ0n) is 8.48. The van der Waals surface area contributed by atoms with Crippen LogP contribution in [0.2, 0.25) is 0 Å². The Morgan fingerprint density at radius 2 is 2.12 bits per heavy atom. The Kier molecular flexibility index (Phi) is 2.81. The summed E-state index contributed by atoms with van der Waals surface area (Å²) in [5, 5.41) is 27.7. The van der Waals surface area contributed by atoms with Crippen LogP contribution in [0.15, 0.2) is 21.9 Å². The maximum Gasteiger partial charge on any atom is 0.330 e. The SMILES string of the molecule is N#C[C@H]1O[C@@H](n2ccc(=O)[nH]c2=O)[C@H](O)[C@@H]1O. The van der Waals surface area contributed by atoms with Crippen molar-refractivity contribution in [2.24, 2.45) is 0 Å². The molecule has 17 heavy (non-hydrogen) atoms. The van der Waals surface area contributed by atoms with E-state index in [-0.39, 0.29) is 0 Å². The average molecular weight is 239 g/mol. The topological polar surface area (TPSA) is 128 Å². The van der Waals surface area contributed by atoms with E-state index < -0.39 is 35.8 Å². The van der Waals surface area contributed by atoms with Crippen LogP contribution in [0.5, 0.6) is 0 Å². The quantitative estimate of drug-likeness (QED) is 0.504. The molecule has 1 saturated heterocycles. The predicted octanol–water partition coefficient (Wildman–Crippen LogP) is -2.32. The van der Waals surface area contributed by atoms with Crippen molar-refractivity contribution in [3.05, 3.63) is 33.1 Å². The fraction of sp³-hybridized carbons (Fsp3) is 0.444. The molecule has 0 aliphatic carbocycles. The maximum absolute atomic E-state index is 11.4. The van der Waals surface area contributed by atoms with Crippen molar-refractivity contribution in [2.75, 3.05) is 0 Å². The molecule has 1 aromatic rings. The second-order valence-electron chi connectivity index (χ2n) is 3.57. The zero-order chi connectivity index (χ0) is 12.6. The predicted molar refractivity (Wildman–Crippen MR) is 52.9 cm³/mol. The Labute approximate surface area is 94.3 Å². The largest absolute Gasteiger partial charge is 0.386 e. The van der Waals surface area contributed by atoms with Gasteiger partial charge in [0.15, 0.2) is 12.3 Å². The summed E-state index contributed by atoms with van der Waals surface area (Å²) >= 11 is 0. The molecule has 3 N–H and O–H groups in total. The normalized spacial score (nSPS) is 32.3. The third-order valence-corrected chi connectivity index (χ3v) is 2.49. The molecular formula is C9H9N3O5. The Morgan fingerprint density at radius 1 is 1.41 bits per heavy atom. The fourth-order valence-electron chi connectivity index (χ4n) is 1.62. The molecule has 0 saturated carbocycles. The highest BCUT2D eigenvalue weighted by Gasteiger charge is 2.44. The van der Waals surface area contributed by atoms with E-state index in [4.69, 9.17) is 10.00 Å². The molecule has 1 aliphatic heterocycles. The summed E-state index contributed by atoms with van der Waals surface area (Å²) in [5.74, 6) is 0. The number of H-pyrrole nitrogens is 1. The molecule has 2 rings (SSSR count). The zero-order valence-corrected chi connectivity index (χ0v) is 8.48. The highest BCUT2D eigenvalue weighted by atomic mass is 16.6. The first-order valence-electron chi connectivity index (χ1n) is 4.77. The molecule has 0 aromatic carbocycles. The molecule has 8 heteroatoms. The van der Waals surface area contributed by atoms with Gasteiger partial charge < -0.3 is 14.9 Å². The van der Waals surface area contributed by atoms with E-state index in [9.17, 15) is 19.8 Å². The fourth-order valence-corrected chi connectivity index (χ4v) is 1.62. The molecule has 0 radical (unpaired) electrons. The van der Waals surface area contributed by atoms with E-state index in [2.05, 4.69) is 0 Å². The van der Waals surface area contributed by atoms with Gasteiger partial charge in [-0.2, -0.15) is 5.26 Å². The smallest absolute Gasteiger partial charge is 0.330 e. The lowest BCUT2D eigenvalue weighted by Crippen LogP contribution is -2.37. The number of nitriles is 1. The van der Waals surface area contributed by atoms with E-state index in [1.165, 1.54) is 0 Å². The lowest BCUT2D eigenvalue weighted by Gasteiger charge is -2.16. The van der Waals surface area contributed by atoms with Gasteiger partial charge in [-0.05, 0) is 0 Å². The lowest BCUT2D eigenvalue weighted by atomic mass is 10.1. The Hall–Kier alpha value is -1.95. The summed E-state index contributed by atoms with van der Waals surface area (Å²) in [7, 11) is 0. The molecule has 1 aliphatic rings. The molecule has 1 aromatic heterocycles. The molecule has 8 nitrogen and oxygen atoms in total. The number of aliphatic hydroxyl groups is 2. The van der Waals surface area contributed by atoms with Gasteiger partial charge in [0, 0.05) is 12.3 Å². The van der Waals surface area contributed by atoms with E-state index in [1.807, 2.05) is 4.98 Å². The lowest BCUT2D eigenvalue weighted by molar-refractivity contribution is -0.0285. The summed E-state index contributed by atoms with van der Waals surface area (Å²) in [5.41, 5.74) is -1.37. The van der Waals surface area contributed by atoms with Gasteiger partial charge in [-0.3, -0.25) is 14.3 Å². The van der Waals surface area contributed by atoms with E-state index in [1.54, 1.807) is 6.07 Å². The molecule has 90 valence electrons. The van der Waals surface area contributed by atoms with Gasteiger partial charge in [-0.1, -0.05) is 0 Å². The minimum absolute atomic E-state index is 0.587. The van der Waals surface area contributed by atoms with Crippen LogP contribution in [0.25, 0.3) is 0 Å². The van der Waals surface area contributed by atoms with Crippen LogP contribution in [0.1, 0.15) is 6.23 Å². The molecule has 2 heterocycles. The first-order chi connectivity index (χ1) is 8.04. The van der Waals surface area contributed by atoms with Crippen molar-refractivity contribution in [1.29, 1.82) is 5.26 Å². The van der Waals surface area contributed by atoms with Crippen LogP contribution >= 0.6 is 0 Å². The van der Waals surface area contributed by atoms with Gasteiger partial charge in [0.05, 0.1) is 6.07 Å². The van der Waals surface area contributed by atoms with E-state index in [0.29, 0.717) is 0 Å². The second-order valence-corrected chi connectivity index (χ2v) is 3.57. The van der Waals surface area contributed by atoms with Crippen LogP contribution < -0.4 is 11.2 Å². The van der Waals surface area contributed by atoms with Crippen LogP contribution in [0.4, 0.5) is 0 Å². The van der Waals surface area contributed by atoms with Crippen molar-refractivity contribution in [2.45, 2.75) is 24.5 Å². The Bertz CT molecular complexity index is 571. The number of hydrogen-bond acceptors (Lipinski definition) is 6. The number of aliphatic hydroxyl groups excluding tert-OH is 2. The molecular weight excluding hydrogens is 230 g/mol. The van der Waals surface area contributed by atoms with Crippen molar-refractivity contribution in [1.82, 2.24) is 9.55 Å². The summed E-state index contributed by atoms with van der Waals surface area (Å²) in [6.45, 7) is 0. The van der Waals surface area contributed by atoms with Gasteiger partial charge in [0.25, 0.3) is 5.56 Å². The standard InChI is InChI=1S/C9H9N3O5/c10-3-4-6(14)7(15)8(17-4)12-2-1-5(13)11-9(12)16/h1-2,4,6-8,14-15H,(H,11,13,16)/t4-,6-,7-,8-/m1/s1. The van der Waals surface area contributed by atoms with Crippen LogP contribution in [-0.2, 0) is 4.74 Å². The summed E-state index contributed by atoms with van der Waals surface area (Å²) in [6.07, 6.45) is -4.10. The molecule has 4 atom stereocenters. The highest BCUT2D eigenvalue weighted by molar-refractivity contribution is 5.01. The van der Waals surface area contributed by atoms with Gasteiger partial charge in [-0.15, -0.1) is 0 Å². The van der Waals surface area contributed by atoms with Crippen molar-refractivity contribution in [3.8, 4) is 6.07 Å². The third-order valence-electron chi connectivity index (χ3n) is 2.49. The highest BCUT2D eigenvalue weighted by Crippen LogP contribution is 2.27. The van der Waals surface area contributed by atoms with E-state index >= 15 is 0 Å². The van der Waals surface area contributed by atoms with Crippen molar-refractivity contribution in [3.63, 3.8) is 0 Å². The van der Waals surface area contributed by atoms with Crippen LogP contribution in [-0.4, -0.2) is 38.1 Å². The van der Waals surface area contributed by atoms with E-state index in [0.717, 1.165) is 16.8 Å². The molecule has 0 bridgehead atoms. The Balaban J connectivity index is 2.39. The Morgan fingerprint density at radius 3 is 2.65 bits per heavy atom. The van der Waals surface area contributed by atoms with Crippen LogP contribution in [0.3, 0.4) is 0 Å². The number of nitrogens with one attached hydrogen (secondary N) is 1. The maximum atomic E-state index is 11.4. The number of ether oxygens (including phenoxy) is 1. The monoisotopic (exact) mass is 239 g/mol. The number of nitrogens with zero attached hydrogens (tertiary/aromatic N) is 2. The number of hydrogen-bond donors (Lipinski definition) is 3. The minimum atomic E-state index is -1.41. The number of aromatic nitrogens is 2. The first-order valence-corrected chi connectivity index (χ1v) is 4.77. The minimum Gasteiger partial charge on any atom is -0.386 e. The molecule has 0 unspecified atom stereocenters. The third kappa shape index (κ3) is 1.87. The van der Waals surface area contributed by atoms with Gasteiger partial charge >= 0.3 is 5.69 Å². The summed E-state index contributed by atoms with van der Waals surface area (Å²) < 4.78 is 5.93. The van der Waals surface area contributed by atoms with Gasteiger partial charge in [0.2, 0.25) is 0 Å². The van der Waals surface area contributed by atoms with Gasteiger partial charge in [0.1, 0.15) is 12.2 Å². The molecule has 0 spiro atoms.